The summed E-state index contributed by atoms with van der Waals surface area (Å²) in [5, 5.41) is 24.5. The molecule has 0 bridgehead atoms. The number of hydrogen-bond donors (Lipinski definition) is 2. The standard InChI is InChI=1S/C47H74N2O7/c1-6-11-12-13-14-15-16-17-18-25-44(52)49(28-7-2)43-35-41(48-55-10-5)39-33-36(23-19-21-29-50)38(24-20-22-30-51)45-40-34-37(53-31-8-3)26-27-42(40)56-47(43,46(39)45)54-32-9-4/h8-9,26-27,33-34,36,38,43,45-46,50-51H,3-4,6-7,10-25,28-32,35H2,1-2,5H3/t36-,38+,43-,45+,46+,47+/m0/s1. The molecule has 1 aliphatic heterocycles. The lowest BCUT2D eigenvalue weighted by Gasteiger charge is -2.60. The zero-order valence-electron chi connectivity index (χ0n) is 35.1. The van der Waals surface area contributed by atoms with Gasteiger partial charge in [0.15, 0.2) is 0 Å². The number of aliphatic hydroxyl groups excluding tert-OH is 2. The van der Waals surface area contributed by atoms with Crippen LogP contribution in [0.5, 0.6) is 11.5 Å². The van der Waals surface area contributed by atoms with Gasteiger partial charge < -0.3 is 34.2 Å². The van der Waals surface area contributed by atoms with Crippen molar-refractivity contribution in [2.45, 2.75) is 154 Å². The topological polar surface area (TPSA) is 110 Å². The third-order valence-corrected chi connectivity index (χ3v) is 12.0. The summed E-state index contributed by atoms with van der Waals surface area (Å²) < 4.78 is 20.5. The van der Waals surface area contributed by atoms with Gasteiger partial charge in [0, 0.05) is 44.1 Å². The first-order chi connectivity index (χ1) is 27.4. The van der Waals surface area contributed by atoms with E-state index in [-0.39, 0.29) is 49.4 Å². The van der Waals surface area contributed by atoms with Gasteiger partial charge >= 0.3 is 0 Å². The highest BCUT2D eigenvalue weighted by Gasteiger charge is 2.65. The van der Waals surface area contributed by atoms with Gasteiger partial charge in [-0.05, 0) is 81.1 Å². The summed E-state index contributed by atoms with van der Waals surface area (Å²) in [6, 6.07) is 5.60. The van der Waals surface area contributed by atoms with E-state index in [1.807, 2.05) is 24.0 Å². The first-order valence-electron chi connectivity index (χ1n) is 22.2. The second-order valence-electron chi connectivity index (χ2n) is 16.0. The van der Waals surface area contributed by atoms with Crippen molar-refractivity contribution >= 4 is 11.6 Å². The zero-order valence-corrected chi connectivity index (χ0v) is 35.1. The lowest BCUT2D eigenvalue weighted by Crippen LogP contribution is -2.70. The van der Waals surface area contributed by atoms with Crippen LogP contribution in [0.3, 0.4) is 0 Å². The van der Waals surface area contributed by atoms with E-state index in [1.54, 1.807) is 12.2 Å². The van der Waals surface area contributed by atoms with Crippen LogP contribution in [-0.4, -0.2) is 78.1 Å². The maximum absolute atomic E-state index is 14.6. The number of rotatable bonds is 29. The second kappa shape index (κ2) is 24.6. The first-order valence-corrected chi connectivity index (χ1v) is 22.2. The number of nitrogens with zero attached hydrogens (tertiary/aromatic N) is 2. The van der Waals surface area contributed by atoms with Crippen molar-refractivity contribution in [2.24, 2.45) is 22.9 Å². The number of oxime groups is 1. The Morgan fingerprint density at radius 1 is 0.911 bits per heavy atom. The van der Waals surface area contributed by atoms with Crippen LogP contribution >= 0.6 is 0 Å². The van der Waals surface area contributed by atoms with Gasteiger partial charge in [-0.3, -0.25) is 4.79 Å². The van der Waals surface area contributed by atoms with Crippen molar-refractivity contribution < 1.29 is 34.1 Å². The Morgan fingerprint density at radius 3 is 2.27 bits per heavy atom. The minimum Gasteiger partial charge on any atom is -0.490 e. The van der Waals surface area contributed by atoms with Crippen LogP contribution in [0, 0.1) is 17.8 Å². The maximum atomic E-state index is 14.6. The molecular weight excluding hydrogens is 705 g/mol. The van der Waals surface area contributed by atoms with Crippen LogP contribution in [-0.2, 0) is 14.4 Å². The molecule has 3 aliphatic rings. The fourth-order valence-corrected chi connectivity index (χ4v) is 9.46. The molecule has 1 saturated carbocycles. The minimum atomic E-state index is -1.22. The summed E-state index contributed by atoms with van der Waals surface area (Å²) in [6.45, 7) is 16.2. The number of ether oxygens (including phenoxy) is 3. The van der Waals surface area contributed by atoms with E-state index in [4.69, 9.17) is 24.2 Å². The lowest BCUT2D eigenvalue weighted by atomic mass is 9.55. The highest BCUT2D eigenvalue weighted by molar-refractivity contribution is 6.03. The Balaban J connectivity index is 1.84. The SMILES string of the molecule is C=CCOc1ccc2c(c1)[C@H]1[C@H](CCCCO)[C@@H](CCCCO)C=C3C(=NOCC)C[C@H](N(CCC)C(=O)CCCCCCCCCCC)[C@@](OCC=C)(O2)[C@H]31. The fourth-order valence-electron chi connectivity index (χ4n) is 9.46. The third kappa shape index (κ3) is 11.7. The molecule has 9 heteroatoms. The van der Waals surface area contributed by atoms with Crippen molar-refractivity contribution in [3.8, 4) is 11.5 Å². The average Bonchev–Trinajstić information content (AvgIpc) is 3.21. The molecule has 0 unspecified atom stereocenters. The van der Waals surface area contributed by atoms with E-state index in [0.29, 0.717) is 32.6 Å². The molecule has 2 N–H and O–H groups in total. The van der Waals surface area contributed by atoms with Gasteiger partial charge in [0.1, 0.15) is 30.8 Å². The van der Waals surface area contributed by atoms with Crippen LogP contribution in [0.1, 0.15) is 148 Å². The number of aliphatic hydroxyl groups is 2. The van der Waals surface area contributed by atoms with Crippen molar-refractivity contribution in [2.75, 3.05) is 39.6 Å². The molecule has 314 valence electrons. The van der Waals surface area contributed by atoms with Crippen LogP contribution in [0.15, 0.2) is 60.3 Å². The summed E-state index contributed by atoms with van der Waals surface area (Å²) in [6.07, 6.45) is 23.4. The number of benzene rings is 1. The van der Waals surface area contributed by atoms with Gasteiger partial charge in [0.2, 0.25) is 11.7 Å². The molecule has 1 aromatic rings. The van der Waals surface area contributed by atoms with E-state index in [0.717, 1.165) is 92.6 Å². The van der Waals surface area contributed by atoms with Crippen LogP contribution in [0.4, 0.5) is 0 Å². The van der Waals surface area contributed by atoms with Crippen molar-refractivity contribution in [3.63, 3.8) is 0 Å². The fraction of sp³-hybridized carbons (Fsp3) is 0.702. The Kier molecular flexibility index (Phi) is 20.0. The molecule has 1 fully saturated rings. The third-order valence-electron chi connectivity index (χ3n) is 12.0. The number of fused-ring (bicyclic) bond motifs is 2. The van der Waals surface area contributed by atoms with E-state index >= 15 is 0 Å². The molecule has 9 nitrogen and oxygen atoms in total. The molecule has 6 atom stereocenters. The van der Waals surface area contributed by atoms with E-state index in [1.165, 1.54) is 38.5 Å². The zero-order chi connectivity index (χ0) is 40.2. The molecule has 1 aromatic carbocycles. The van der Waals surface area contributed by atoms with Crippen LogP contribution < -0.4 is 9.47 Å². The van der Waals surface area contributed by atoms with Gasteiger partial charge in [-0.25, -0.2) is 0 Å². The smallest absolute Gasteiger partial charge is 0.239 e. The van der Waals surface area contributed by atoms with Gasteiger partial charge in [0.05, 0.1) is 18.2 Å². The average molecular weight is 779 g/mol. The lowest BCUT2D eigenvalue weighted by molar-refractivity contribution is -0.257. The van der Waals surface area contributed by atoms with Crippen molar-refractivity contribution in [1.82, 2.24) is 4.90 Å². The van der Waals surface area contributed by atoms with Crippen molar-refractivity contribution in [3.05, 3.63) is 60.7 Å². The number of amides is 1. The summed E-state index contributed by atoms with van der Waals surface area (Å²) in [5.41, 5.74) is 2.96. The summed E-state index contributed by atoms with van der Waals surface area (Å²) in [4.78, 5) is 22.5. The Morgan fingerprint density at radius 2 is 1.61 bits per heavy atom. The summed E-state index contributed by atoms with van der Waals surface area (Å²) in [5.74, 6) is 0.356. The van der Waals surface area contributed by atoms with Crippen LogP contribution in [0.2, 0.25) is 0 Å². The van der Waals surface area contributed by atoms with E-state index in [9.17, 15) is 15.0 Å². The molecule has 1 amide bonds. The normalized spacial score (nSPS) is 24.4. The molecule has 0 radical (unpaired) electrons. The number of carbonyl (C=O) groups excluding carboxylic acids is 1. The molecule has 56 heavy (non-hydrogen) atoms. The monoisotopic (exact) mass is 779 g/mol. The number of hydrogen-bond acceptors (Lipinski definition) is 8. The largest absolute Gasteiger partial charge is 0.490 e. The highest BCUT2D eigenvalue weighted by atomic mass is 16.7. The number of unbranched alkanes of at least 4 members (excludes halogenated alkanes) is 10. The number of carbonyl (C=O) groups is 1. The van der Waals surface area contributed by atoms with Gasteiger partial charge in [-0.2, -0.15) is 0 Å². The molecular formula is C47H74N2O7. The van der Waals surface area contributed by atoms with E-state index in [2.05, 4.69) is 39.1 Å². The molecule has 0 aromatic heterocycles. The van der Waals surface area contributed by atoms with E-state index < -0.39 is 11.8 Å². The Hall–Kier alpha value is -3.14. The Bertz CT molecular complexity index is 1410. The second-order valence-corrected chi connectivity index (χ2v) is 16.0. The summed E-state index contributed by atoms with van der Waals surface area (Å²) >= 11 is 0. The minimum absolute atomic E-state index is 0.0702. The predicted octanol–water partition coefficient (Wildman–Crippen LogP) is 10.1. The summed E-state index contributed by atoms with van der Waals surface area (Å²) in [7, 11) is 0. The molecule has 2 aliphatic carbocycles. The number of allylic oxidation sites excluding steroid dienone is 1. The van der Waals surface area contributed by atoms with Gasteiger partial charge in [-0.1, -0.05) is 108 Å². The highest BCUT2D eigenvalue weighted by Crippen LogP contribution is 2.62. The molecule has 1 heterocycles. The van der Waals surface area contributed by atoms with Gasteiger partial charge in [0.25, 0.3) is 0 Å². The molecule has 0 saturated heterocycles. The molecule has 4 rings (SSSR count). The van der Waals surface area contributed by atoms with Crippen LogP contribution in [0.25, 0.3) is 0 Å². The molecule has 0 spiro atoms. The van der Waals surface area contributed by atoms with Gasteiger partial charge in [-0.15, -0.1) is 6.58 Å². The first kappa shape index (κ1) is 45.6. The van der Waals surface area contributed by atoms with Crippen molar-refractivity contribution in [1.29, 1.82) is 0 Å². The quantitative estimate of drug-likeness (QED) is 0.0473. The Labute approximate surface area is 338 Å². The maximum Gasteiger partial charge on any atom is 0.239 e. The predicted molar refractivity (Wildman–Crippen MR) is 226 cm³/mol.